The number of aryl methyl sites for hydroxylation is 1. The largest absolute Gasteiger partial charge is 0.445 e. The van der Waals surface area contributed by atoms with Crippen molar-refractivity contribution in [1.29, 1.82) is 0 Å². The number of benzene rings is 3. The highest BCUT2D eigenvalue weighted by Gasteiger charge is 2.29. The highest BCUT2D eigenvalue weighted by Crippen LogP contribution is 2.38. The number of ether oxygens (including phenoxy) is 2. The van der Waals surface area contributed by atoms with E-state index < -0.39 is 21.4 Å². The van der Waals surface area contributed by atoms with Gasteiger partial charge in [-0.3, -0.25) is 0 Å². The molecule has 5 aromatic rings. The second-order valence-electron chi connectivity index (χ2n) is 13.6. The van der Waals surface area contributed by atoms with Crippen molar-refractivity contribution < 1.29 is 27.1 Å². The first kappa shape index (κ1) is 35.7. The van der Waals surface area contributed by atoms with Crippen molar-refractivity contribution in [1.82, 2.24) is 19.9 Å². The third-order valence-electron chi connectivity index (χ3n) is 8.71. The number of halogens is 1. The van der Waals surface area contributed by atoms with Crippen LogP contribution in [0.2, 0.25) is 0 Å². The van der Waals surface area contributed by atoms with Gasteiger partial charge in [0.2, 0.25) is 11.8 Å². The van der Waals surface area contributed by atoms with Crippen LogP contribution in [0.25, 0.3) is 22.0 Å². The number of aromatic nitrogens is 3. The zero-order chi connectivity index (χ0) is 36.1. The smallest absolute Gasteiger partial charge is 0.410 e. The number of carbonyl (C=O) groups is 1. The van der Waals surface area contributed by atoms with Gasteiger partial charge in [-0.25, -0.2) is 32.6 Å². The van der Waals surface area contributed by atoms with Gasteiger partial charge in [-0.15, -0.1) is 0 Å². The minimum Gasteiger partial charge on any atom is -0.445 e. The van der Waals surface area contributed by atoms with Crippen molar-refractivity contribution in [2.75, 3.05) is 24.2 Å². The number of fused-ring (bicyclic) bond motifs is 1. The Hall–Kier alpha value is -5.10. The first-order chi connectivity index (χ1) is 24.5. The quantitative estimate of drug-likeness (QED) is 0.145. The van der Waals surface area contributed by atoms with Crippen molar-refractivity contribution in [2.45, 2.75) is 52.5 Å². The molecule has 12 heteroatoms. The summed E-state index contributed by atoms with van der Waals surface area (Å²) >= 11 is 0. The van der Waals surface area contributed by atoms with Gasteiger partial charge in [0, 0.05) is 42.5 Å². The first-order valence-corrected chi connectivity index (χ1v) is 18.9. The molecule has 1 aliphatic rings. The molecule has 2 atom stereocenters. The fourth-order valence-electron chi connectivity index (χ4n) is 6.53. The molecule has 0 bridgehead atoms. The Bertz CT molecular complexity index is 2130. The van der Waals surface area contributed by atoms with Crippen molar-refractivity contribution in [3.8, 4) is 22.9 Å². The number of likely N-dealkylation sites (tertiary alicyclic amines) is 1. The van der Waals surface area contributed by atoms with Gasteiger partial charge in [0.15, 0.2) is 9.84 Å². The van der Waals surface area contributed by atoms with E-state index in [4.69, 9.17) is 14.5 Å². The molecule has 0 saturated carbocycles. The molecule has 3 aromatic carbocycles. The summed E-state index contributed by atoms with van der Waals surface area (Å²) < 4.78 is 53.0. The van der Waals surface area contributed by atoms with Crippen LogP contribution in [0.15, 0.2) is 85.2 Å². The lowest BCUT2D eigenvalue weighted by molar-refractivity contribution is 0.0783. The van der Waals surface area contributed by atoms with E-state index in [-0.39, 0.29) is 47.8 Å². The number of pyridine rings is 1. The predicted octanol–water partition coefficient (Wildman–Crippen LogP) is 7.96. The Balaban J connectivity index is 1.22. The van der Waals surface area contributed by atoms with Gasteiger partial charge in [0.25, 0.3) is 0 Å². The van der Waals surface area contributed by atoms with Gasteiger partial charge in [-0.2, -0.15) is 0 Å². The van der Waals surface area contributed by atoms with Crippen LogP contribution in [0.3, 0.4) is 0 Å². The lowest BCUT2D eigenvalue weighted by Crippen LogP contribution is -2.48. The summed E-state index contributed by atoms with van der Waals surface area (Å²) in [5.74, 6) is 0.234. The van der Waals surface area contributed by atoms with E-state index in [1.54, 1.807) is 47.6 Å². The van der Waals surface area contributed by atoms with Crippen molar-refractivity contribution in [3.05, 3.63) is 108 Å². The van der Waals surface area contributed by atoms with Gasteiger partial charge in [0.05, 0.1) is 22.8 Å². The highest BCUT2D eigenvalue weighted by atomic mass is 32.2. The van der Waals surface area contributed by atoms with Gasteiger partial charge >= 0.3 is 6.09 Å². The molecule has 0 spiro atoms. The number of anilines is 1. The molecule has 1 N–H and O–H groups in total. The van der Waals surface area contributed by atoms with Gasteiger partial charge in [-0.05, 0) is 72.0 Å². The molecular formula is C39H42FN5O5S. The average Bonchev–Trinajstić information content (AvgIpc) is 3.09. The summed E-state index contributed by atoms with van der Waals surface area (Å²) in [5, 5.41) is 4.45. The number of hydrogen-bond acceptors (Lipinski definition) is 9. The maximum absolute atomic E-state index is 15.2. The molecule has 6 rings (SSSR count). The zero-order valence-corrected chi connectivity index (χ0v) is 30.0. The molecule has 1 fully saturated rings. The van der Waals surface area contributed by atoms with E-state index in [1.165, 1.54) is 6.07 Å². The second kappa shape index (κ2) is 15.4. The molecular weight excluding hydrogens is 670 g/mol. The lowest BCUT2D eigenvalue weighted by atomic mass is 9.96. The van der Waals surface area contributed by atoms with Crippen LogP contribution in [-0.4, -0.2) is 59.2 Å². The molecule has 10 nitrogen and oxygen atoms in total. The zero-order valence-electron chi connectivity index (χ0n) is 29.2. The van der Waals surface area contributed by atoms with Crippen LogP contribution in [0.5, 0.6) is 11.6 Å². The fraction of sp³-hybridized carbons (Fsp3) is 0.333. The van der Waals surface area contributed by atoms with Crippen LogP contribution in [-0.2, 0) is 26.9 Å². The minimum absolute atomic E-state index is 0.0373. The Labute approximate surface area is 298 Å². The average molecular weight is 712 g/mol. The highest BCUT2D eigenvalue weighted by molar-refractivity contribution is 7.90. The molecule has 0 unspecified atom stereocenters. The minimum atomic E-state index is -3.55. The number of sulfone groups is 1. The molecule has 2 aromatic heterocycles. The van der Waals surface area contributed by atoms with Crippen molar-refractivity contribution in [2.24, 2.45) is 11.8 Å². The van der Waals surface area contributed by atoms with Gasteiger partial charge < -0.3 is 19.7 Å². The SMILES string of the molecule is Cc1ccc2c(CS(=O)(=O)CC(C)C)c(F)ccc2c1Oc1ncccc1-c1ccnc(N[C@H]2C[C@@H](C)CN(C(=O)OCc3ccccc3)C2)n1. The standard InChI is InChI=1S/C39H42FN5O5S/c1-25(2)23-51(47,48)24-33-30-13-12-27(4)36(31(30)14-15-34(33)40)50-37-32(11-8-17-41-37)35-16-18-42-38(44-35)43-29-19-26(3)20-45(21-29)39(46)49-22-28-9-6-5-7-10-28/h5-18,25-26,29H,19-24H2,1-4H3,(H,42,43,44)/t26-,29+/m1/s1. The summed E-state index contributed by atoms with van der Waals surface area (Å²) in [4.78, 5) is 28.5. The molecule has 51 heavy (non-hydrogen) atoms. The number of nitrogens with zero attached hydrogens (tertiary/aromatic N) is 4. The Morgan fingerprint density at radius 1 is 0.980 bits per heavy atom. The third kappa shape index (κ3) is 8.80. The second-order valence-corrected chi connectivity index (χ2v) is 15.7. The van der Waals surface area contributed by atoms with Crippen LogP contribution in [0.1, 0.15) is 43.9 Å². The number of piperidine rings is 1. The van der Waals surface area contributed by atoms with E-state index in [0.717, 1.165) is 17.5 Å². The summed E-state index contributed by atoms with van der Waals surface area (Å²) in [6, 6.07) is 21.3. The van der Waals surface area contributed by atoms with Crippen molar-refractivity contribution in [3.63, 3.8) is 0 Å². The molecule has 266 valence electrons. The molecule has 1 aliphatic heterocycles. The predicted molar refractivity (Wildman–Crippen MR) is 196 cm³/mol. The molecule has 3 heterocycles. The maximum Gasteiger partial charge on any atom is 0.410 e. The van der Waals surface area contributed by atoms with Crippen molar-refractivity contribution >= 4 is 32.7 Å². The monoisotopic (exact) mass is 711 g/mol. The number of nitrogens with one attached hydrogen (secondary N) is 1. The molecule has 0 radical (unpaired) electrons. The third-order valence-corrected chi connectivity index (χ3v) is 10.6. The van der Waals surface area contributed by atoms with E-state index >= 15 is 4.39 Å². The van der Waals surface area contributed by atoms with Crippen LogP contribution < -0.4 is 10.1 Å². The van der Waals surface area contributed by atoms with Crippen LogP contribution >= 0.6 is 0 Å². The van der Waals surface area contributed by atoms with Crippen LogP contribution in [0, 0.1) is 24.6 Å². The number of rotatable bonds is 11. The normalized spacial score (nSPS) is 16.3. The Morgan fingerprint density at radius 2 is 1.76 bits per heavy atom. The van der Waals surface area contributed by atoms with E-state index in [9.17, 15) is 13.2 Å². The summed E-state index contributed by atoms with van der Waals surface area (Å²) in [7, 11) is -3.55. The molecule has 1 amide bonds. The summed E-state index contributed by atoms with van der Waals surface area (Å²) in [5.41, 5.74) is 2.97. The van der Waals surface area contributed by atoms with Crippen LogP contribution in [0.4, 0.5) is 15.1 Å². The molecule has 1 saturated heterocycles. The molecule has 0 aliphatic carbocycles. The lowest BCUT2D eigenvalue weighted by Gasteiger charge is -2.36. The Morgan fingerprint density at radius 3 is 2.55 bits per heavy atom. The first-order valence-electron chi connectivity index (χ1n) is 17.1. The van der Waals surface area contributed by atoms with E-state index in [0.29, 0.717) is 46.8 Å². The van der Waals surface area contributed by atoms with Gasteiger partial charge in [-0.1, -0.05) is 63.2 Å². The number of carbonyl (C=O) groups excluding carboxylic acids is 1. The van der Waals surface area contributed by atoms with E-state index in [2.05, 4.69) is 22.2 Å². The Kier molecular flexibility index (Phi) is 10.8. The van der Waals surface area contributed by atoms with Gasteiger partial charge in [0.1, 0.15) is 18.2 Å². The summed E-state index contributed by atoms with van der Waals surface area (Å²) in [6.07, 6.45) is 3.71. The number of amides is 1. The number of hydrogen-bond donors (Lipinski definition) is 1. The maximum atomic E-state index is 15.2. The topological polar surface area (TPSA) is 124 Å². The summed E-state index contributed by atoms with van der Waals surface area (Å²) in [6.45, 7) is 8.86. The fourth-order valence-corrected chi connectivity index (χ4v) is 8.40. The van der Waals surface area contributed by atoms with E-state index in [1.807, 2.05) is 57.2 Å².